The Balaban J connectivity index is 1.53. The summed E-state index contributed by atoms with van der Waals surface area (Å²) in [5, 5.41) is 11.1. The number of methoxy groups -OCH3 is 1. The molecule has 1 fully saturated rings. The summed E-state index contributed by atoms with van der Waals surface area (Å²) in [6.45, 7) is 0. The first-order valence-corrected chi connectivity index (χ1v) is 8.65. The quantitative estimate of drug-likeness (QED) is 0.715. The lowest BCUT2D eigenvalue weighted by atomic mass is 10.0. The van der Waals surface area contributed by atoms with Gasteiger partial charge in [-0.15, -0.1) is 0 Å². The van der Waals surface area contributed by atoms with E-state index in [1.165, 1.54) is 11.3 Å². The molecular weight excluding hydrogens is 346 g/mol. The topological polar surface area (TPSA) is 132 Å². The number of H-pyrrole nitrogens is 1. The van der Waals surface area contributed by atoms with Crippen molar-refractivity contribution < 1.29 is 19.1 Å². The lowest BCUT2D eigenvalue weighted by Gasteiger charge is -2.09. The van der Waals surface area contributed by atoms with Gasteiger partial charge in [0.05, 0.1) is 19.7 Å². The van der Waals surface area contributed by atoms with Crippen LogP contribution in [-0.4, -0.2) is 40.4 Å². The molecule has 1 saturated carbocycles. The van der Waals surface area contributed by atoms with Crippen molar-refractivity contribution in [2.45, 2.75) is 37.7 Å². The molecule has 2 heterocycles. The lowest BCUT2D eigenvalue weighted by molar-refractivity contribution is -0.115. The van der Waals surface area contributed by atoms with Crippen molar-refractivity contribution in [3.05, 3.63) is 23.0 Å². The number of carbonyl (C=O) groups is 2. The molecule has 10 heteroatoms. The van der Waals surface area contributed by atoms with E-state index in [1.807, 2.05) is 0 Å². The maximum Gasteiger partial charge on any atom is 0.404 e. The Morgan fingerprint density at radius 3 is 3.04 bits per heavy atom. The van der Waals surface area contributed by atoms with E-state index in [-0.39, 0.29) is 24.3 Å². The van der Waals surface area contributed by atoms with Crippen molar-refractivity contribution >= 4 is 29.2 Å². The van der Waals surface area contributed by atoms with Gasteiger partial charge in [0.15, 0.2) is 10.9 Å². The van der Waals surface area contributed by atoms with E-state index in [4.69, 9.17) is 15.2 Å². The highest BCUT2D eigenvalue weighted by atomic mass is 32.1. The van der Waals surface area contributed by atoms with Crippen molar-refractivity contribution in [2.24, 2.45) is 5.73 Å². The third-order valence-electron chi connectivity index (χ3n) is 4.02. The Bertz CT molecular complexity index is 759. The zero-order valence-electron chi connectivity index (χ0n) is 13.7. The summed E-state index contributed by atoms with van der Waals surface area (Å²) in [6.07, 6.45) is 3.16. The summed E-state index contributed by atoms with van der Waals surface area (Å²) in [5.41, 5.74) is 5.95. The van der Waals surface area contributed by atoms with Gasteiger partial charge in [-0.25, -0.2) is 9.78 Å². The van der Waals surface area contributed by atoms with E-state index in [0.717, 1.165) is 18.5 Å². The fourth-order valence-electron chi connectivity index (χ4n) is 2.90. The summed E-state index contributed by atoms with van der Waals surface area (Å²) in [6, 6.07) is 1.80. The molecule has 0 saturated heterocycles. The van der Waals surface area contributed by atoms with Crippen molar-refractivity contribution in [1.29, 1.82) is 0 Å². The molecule has 0 radical (unpaired) electrons. The molecule has 4 N–H and O–H groups in total. The first-order valence-electron chi connectivity index (χ1n) is 7.83. The average molecular weight is 365 g/mol. The predicted molar refractivity (Wildman–Crippen MR) is 90.6 cm³/mol. The van der Waals surface area contributed by atoms with E-state index < -0.39 is 6.09 Å². The van der Waals surface area contributed by atoms with Crippen LogP contribution in [0.15, 0.2) is 12.3 Å². The number of aromatic nitrogens is 3. The molecule has 2 aromatic rings. The Morgan fingerprint density at radius 1 is 1.48 bits per heavy atom. The summed E-state index contributed by atoms with van der Waals surface area (Å²) >= 11 is 1.33. The molecule has 1 aliphatic carbocycles. The summed E-state index contributed by atoms with van der Waals surface area (Å²) in [4.78, 5) is 27.0. The Kier molecular flexibility index (Phi) is 5.17. The second kappa shape index (κ2) is 7.51. The number of hydrogen-bond acceptors (Lipinski definition) is 7. The fraction of sp³-hybridized carbons (Fsp3) is 0.467. The van der Waals surface area contributed by atoms with Gasteiger partial charge in [0.1, 0.15) is 11.1 Å². The molecule has 9 nitrogen and oxygen atoms in total. The minimum absolute atomic E-state index is 0.161. The van der Waals surface area contributed by atoms with Gasteiger partial charge in [-0.05, 0) is 19.3 Å². The lowest BCUT2D eigenvalue weighted by Crippen LogP contribution is -2.20. The number of aromatic amines is 1. The van der Waals surface area contributed by atoms with Crippen molar-refractivity contribution in [3.8, 4) is 5.06 Å². The maximum atomic E-state index is 12.1. The molecule has 2 atom stereocenters. The third kappa shape index (κ3) is 4.47. The number of rotatable bonds is 6. The smallest absolute Gasteiger partial charge is 0.404 e. The second-order valence-corrected chi connectivity index (χ2v) is 6.86. The van der Waals surface area contributed by atoms with E-state index in [1.54, 1.807) is 19.4 Å². The number of amides is 2. The van der Waals surface area contributed by atoms with Gasteiger partial charge in [-0.1, -0.05) is 11.3 Å². The molecule has 2 amide bonds. The number of primary amides is 1. The molecule has 0 aromatic carbocycles. The zero-order valence-corrected chi connectivity index (χ0v) is 14.5. The second-order valence-electron chi connectivity index (χ2n) is 5.78. The Hall–Kier alpha value is -2.62. The monoisotopic (exact) mass is 365 g/mol. The number of anilines is 1. The number of nitrogens with two attached hydrogens (primary N) is 1. The predicted octanol–water partition coefficient (Wildman–Crippen LogP) is 1.79. The fourth-order valence-corrected chi connectivity index (χ4v) is 3.63. The van der Waals surface area contributed by atoms with Gasteiger partial charge < -0.3 is 20.5 Å². The number of ether oxygens (including phenoxy) is 2. The molecule has 1 unspecified atom stereocenters. The molecule has 25 heavy (non-hydrogen) atoms. The number of thiazole rings is 1. The highest BCUT2D eigenvalue weighted by Crippen LogP contribution is 2.35. The van der Waals surface area contributed by atoms with E-state index in [9.17, 15) is 9.59 Å². The van der Waals surface area contributed by atoms with Crippen LogP contribution in [0.25, 0.3) is 0 Å². The summed E-state index contributed by atoms with van der Waals surface area (Å²) in [7, 11) is 1.56. The van der Waals surface area contributed by atoms with Crippen LogP contribution in [0.4, 0.5) is 10.6 Å². The molecular formula is C15H19N5O4S. The third-order valence-corrected chi connectivity index (χ3v) is 4.98. The standard InChI is InChI=1S/C15H19N5O4S/c1-23-14-7-17-13(25-14)6-12(21)18-11-5-10(19-20-11)8-2-3-9(4-8)24-15(16)22/h5,7-9H,2-4,6H2,1H3,(H2,16,22)(H2,18,19,20,21)/t8-,9?/m0/s1. The van der Waals surface area contributed by atoms with Crippen LogP contribution in [0.2, 0.25) is 0 Å². The van der Waals surface area contributed by atoms with E-state index in [0.29, 0.717) is 22.3 Å². The summed E-state index contributed by atoms with van der Waals surface area (Å²) < 4.78 is 10.1. The van der Waals surface area contributed by atoms with E-state index in [2.05, 4.69) is 20.5 Å². The van der Waals surface area contributed by atoms with Gasteiger partial charge in [-0.2, -0.15) is 5.10 Å². The Labute approximate surface area is 147 Å². The van der Waals surface area contributed by atoms with Crippen LogP contribution in [-0.2, 0) is 16.0 Å². The number of nitrogens with zero attached hydrogens (tertiary/aromatic N) is 2. The summed E-state index contributed by atoms with van der Waals surface area (Å²) in [5.74, 6) is 0.463. The highest BCUT2D eigenvalue weighted by molar-refractivity contribution is 7.13. The number of nitrogens with one attached hydrogen (secondary N) is 2. The Morgan fingerprint density at radius 2 is 2.32 bits per heavy atom. The van der Waals surface area contributed by atoms with Crippen molar-refractivity contribution in [1.82, 2.24) is 15.2 Å². The van der Waals surface area contributed by atoms with Gasteiger partial charge in [0, 0.05) is 17.7 Å². The van der Waals surface area contributed by atoms with Gasteiger partial charge in [0.2, 0.25) is 5.91 Å². The van der Waals surface area contributed by atoms with Crippen molar-refractivity contribution in [3.63, 3.8) is 0 Å². The zero-order chi connectivity index (χ0) is 17.8. The molecule has 3 rings (SSSR count). The van der Waals surface area contributed by atoms with Crippen LogP contribution in [0.5, 0.6) is 5.06 Å². The minimum Gasteiger partial charge on any atom is -0.486 e. The van der Waals surface area contributed by atoms with Crippen LogP contribution >= 0.6 is 11.3 Å². The van der Waals surface area contributed by atoms with Gasteiger partial charge in [0.25, 0.3) is 0 Å². The molecule has 0 bridgehead atoms. The first kappa shape index (κ1) is 17.2. The average Bonchev–Trinajstić information content (AvgIpc) is 3.27. The molecule has 134 valence electrons. The molecule has 1 aliphatic rings. The van der Waals surface area contributed by atoms with Crippen LogP contribution < -0.4 is 15.8 Å². The van der Waals surface area contributed by atoms with Crippen molar-refractivity contribution in [2.75, 3.05) is 12.4 Å². The van der Waals surface area contributed by atoms with Crippen LogP contribution in [0.1, 0.15) is 35.9 Å². The van der Waals surface area contributed by atoms with Crippen LogP contribution in [0, 0.1) is 0 Å². The molecule has 0 aliphatic heterocycles. The molecule has 0 spiro atoms. The highest BCUT2D eigenvalue weighted by Gasteiger charge is 2.29. The minimum atomic E-state index is -0.748. The van der Waals surface area contributed by atoms with E-state index >= 15 is 0 Å². The number of carbonyl (C=O) groups excluding carboxylic acids is 2. The largest absolute Gasteiger partial charge is 0.486 e. The maximum absolute atomic E-state index is 12.1. The van der Waals surface area contributed by atoms with Gasteiger partial charge >= 0.3 is 6.09 Å². The SMILES string of the molecule is COc1cnc(CC(=O)Nc2cc([C@H]3CCC(OC(N)=O)C3)[nH]n2)s1. The van der Waals surface area contributed by atoms with Crippen LogP contribution in [0.3, 0.4) is 0 Å². The number of hydrogen-bond donors (Lipinski definition) is 3. The normalized spacial score (nSPS) is 19.6. The first-order chi connectivity index (χ1) is 12.0. The molecule has 2 aromatic heterocycles. The van der Waals surface area contributed by atoms with Gasteiger partial charge in [-0.3, -0.25) is 9.89 Å².